The predicted octanol–water partition coefficient (Wildman–Crippen LogP) is 3.67. The first-order valence-electron chi connectivity index (χ1n) is 5.84. The van der Waals surface area contributed by atoms with Gasteiger partial charge < -0.3 is 5.32 Å². The van der Waals surface area contributed by atoms with Crippen LogP contribution in [0.2, 0.25) is 0 Å². The Balaban J connectivity index is 2.36. The van der Waals surface area contributed by atoms with Gasteiger partial charge in [-0.25, -0.2) is 9.38 Å². The van der Waals surface area contributed by atoms with Crippen molar-refractivity contribution in [2.24, 2.45) is 10.4 Å². The molecule has 1 aliphatic rings. The average Bonchev–Trinajstić information content (AvgIpc) is 2.29. The summed E-state index contributed by atoms with van der Waals surface area (Å²) in [6.45, 7) is 6.22. The Kier molecular flexibility index (Phi) is 3.44. The van der Waals surface area contributed by atoms with E-state index in [4.69, 9.17) is 11.6 Å². The molecule has 0 amide bonds. The maximum Gasteiger partial charge on any atom is 0.136 e. The number of halogens is 2. The number of amidine groups is 1. The van der Waals surface area contributed by atoms with Crippen LogP contribution in [0.15, 0.2) is 40.5 Å². The fraction of sp³-hybridized carbons (Fsp3) is 0.357. The third-order valence-corrected chi connectivity index (χ3v) is 3.18. The highest BCUT2D eigenvalue weighted by Crippen LogP contribution is 2.29. The van der Waals surface area contributed by atoms with Crippen LogP contribution in [0, 0.1) is 11.2 Å². The van der Waals surface area contributed by atoms with E-state index in [0.717, 1.165) is 0 Å². The van der Waals surface area contributed by atoms with Gasteiger partial charge in [0.1, 0.15) is 11.7 Å². The molecule has 0 aromatic heterocycles. The van der Waals surface area contributed by atoms with E-state index in [1.807, 2.05) is 0 Å². The van der Waals surface area contributed by atoms with Crippen molar-refractivity contribution in [2.75, 3.05) is 0 Å². The van der Waals surface area contributed by atoms with Crippen LogP contribution >= 0.6 is 11.6 Å². The van der Waals surface area contributed by atoms with Crippen LogP contribution in [0.4, 0.5) is 4.39 Å². The van der Waals surface area contributed by atoms with Gasteiger partial charge in [-0.1, -0.05) is 44.5 Å². The van der Waals surface area contributed by atoms with Crippen LogP contribution in [0.1, 0.15) is 26.3 Å². The summed E-state index contributed by atoms with van der Waals surface area (Å²) in [6, 6.07) is 6.51. The van der Waals surface area contributed by atoms with E-state index in [9.17, 15) is 4.39 Å². The fourth-order valence-electron chi connectivity index (χ4n) is 1.87. The van der Waals surface area contributed by atoms with Gasteiger partial charge in [0.05, 0.1) is 16.6 Å². The second-order valence-corrected chi connectivity index (χ2v) is 5.85. The van der Waals surface area contributed by atoms with E-state index in [0.29, 0.717) is 16.4 Å². The van der Waals surface area contributed by atoms with Crippen LogP contribution < -0.4 is 5.32 Å². The van der Waals surface area contributed by atoms with Crippen LogP contribution in [0.5, 0.6) is 0 Å². The molecule has 0 aliphatic carbocycles. The van der Waals surface area contributed by atoms with Gasteiger partial charge in [0, 0.05) is 6.20 Å². The molecule has 1 atom stereocenters. The third-order valence-electron chi connectivity index (χ3n) is 2.87. The Bertz CT molecular complexity index is 515. The van der Waals surface area contributed by atoms with Crippen LogP contribution in [-0.2, 0) is 0 Å². The molecule has 1 N–H and O–H groups in total. The monoisotopic (exact) mass is 266 g/mol. The Morgan fingerprint density at radius 3 is 2.56 bits per heavy atom. The third kappa shape index (κ3) is 2.56. The van der Waals surface area contributed by atoms with Crippen LogP contribution in [0.25, 0.3) is 0 Å². The van der Waals surface area contributed by atoms with Crippen molar-refractivity contribution in [1.29, 1.82) is 0 Å². The Morgan fingerprint density at radius 1 is 1.28 bits per heavy atom. The summed E-state index contributed by atoms with van der Waals surface area (Å²) >= 11 is 6.16. The lowest BCUT2D eigenvalue weighted by molar-refractivity contribution is 0.336. The molecule has 2 nitrogen and oxygen atoms in total. The lowest BCUT2D eigenvalue weighted by Gasteiger charge is -2.34. The Morgan fingerprint density at radius 2 is 1.94 bits per heavy atom. The summed E-state index contributed by atoms with van der Waals surface area (Å²) in [6.07, 6.45) is 1.59. The van der Waals surface area contributed by atoms with E-state index < -0.39 is 0 Å². The number of hydrogen-bond donors (Lipinski definition) is 1. The smallest absolute Gasteiger partial charge is 0.136 e. The maximum absolute atomic E-state index is 13.7. The van der Waals surface area contributed by atoms with Gasteiger partial charge in [-0.15, -0.1) is 0 Å². The molecule has 0 radical (unpaired) electrons. The molecular formula is C14H16ClFN2. The molecule has 4 heteroatoms. The molecule has 0 bridgehead atoms. The number of hydrogen-bond acceptors (Lipinski definition) is 2. The lowest BCUT2D eigenvalue weighted by Crippen LogP contribution is -2.46. The second kappa shape index (κ2) is 4.73. The van der Waals surface area contributed by atoms with Crippen molar-refractivity contribution in [1.82, 2.24) is 5.32 Å². The zero-order valence-electron chi connectivity index (χ0n) is 10.7. The summed E-state index contributed by atoms with van der Waals surface area (Å²) in [5, 5.41) is 3.85. The summed E-state index contributed by atoms with van der Waals surface area (Å²) in [5.41, 5.74) is 0.396. The summed E-state index contributed by atoms with van der Waals surface area (Å²) in [4.78, 5) is 4.18. The topological polar surface area (TPSA) is 24.4 Å². The highest BCUT2D eigenvalue weighted by Gasteiger charge is 2.30. The molecule has 96 valence electrons. The number of rotatable bonds is 1. The van der Waals surface area contributed by atoms with Gasteiger partial charge in [-0.3, -0.25) is 0 Å². The van der Waals surface area contributed by atoms with Crippen molar-refractivity contribution in [2.45, 2.75) is 26.8 Å². The number of benzene rings is 1. The lowest BCUT2D eigenvalue weighted by atomic mass is 9.86. The normalized spacial score (nSPS) is 19.9. The molecule has 1 aromatic rings. The number of nitrogens with zero attached hydrogens (tertiary/aromatic N) is 1. The first kappa shape index (κ1) is 13.1. The van der Waals surface area contributed by atoms with Gasteiger partial charge in [-0.05, 0) is 17.5 Å². The quantitative estimate of drug-likeness (QED) is 0.824. The van der Waals surface area contributed by atoms with Crippen LogP contribution in [0.3, 0.4) is 0 Å². The molecule has 0 saturated carbocycles. The number of nitrogens with one attached hydrogen (secondary N) is 1. The number of aliphatic imine (C=N–C) groups is 1. The molecule has 2 rings (SSSR count). The molecule has 0 fully saturated rings. The maximum atomic E-state index is 13.7. The van der Waals surface area contributed by atoms with Crippen molar-refractivity contribution in [3.8, 4) is 0 Å². The van der Waals surface area contributed by atoms with Crippen molar-refractivity contribution >= 4 is 17.4 Å². The van der Waals surface area contributed by atoms with Crippen molar-refractivity contribution in [3.63, 3.8) is 0 Å². The van der Waals surface area contributed by atoms with E-state index in [-0.39, 0.29) is 17.3 Å². The molecule has 18 heavy (non-hydrogen) atoms. The van der Waals surface area contributed by atoms with Gasteiger partial charge in [0.2, 0.25) is 0 Å². The minimum Gasteiger partial charge on any atom is -0.361 e. The van der Waals surface area contributed by atoms with Gasteiger partial charge >= 0.3 is 0 Å². The van der Waals surface area contributed by atoms with E-state index in [1.165, 1.54) is 6.07 Å². The molecule has 1 aliphatic heterocycles. The van der Waals surface area contributed by atoms with Gasteiger partial charge in [0.15, 0.2) is 0 Å². The zero-order valence-corrected chi connectivity index (χ0v) is 11.4. The minimum absolute atomic E-state index is 0.0636. The summed E-state index contributed by atoms with van der Waals surface area (Å²) < 4.78 is 13.7. The van der Waals surface area contributed by atoms with E-state index in [1.54, 1.807) is 24.4 Å². The Labute approximate surface area is 112 Å². The molecule has 0 spiro atoms. The van der Waals surface area contributed by atoms with E-state index in [2.05, 4.69) is 31.1 Å². The fourth-order valence-corrected chi connectivity index (χ4v) is 2.31. The largest absolute Gasteiger partial charge is 0.361 e. The molecule has 1 unspecified atom stereocenters. The van der Waals surface area contributed by atoms with Crippen molar-refractivity contribution < 1.29 is 4.39 Å². The molecule has 1 heterocycles. The van der Waals surface area contributed by atoms with Crippen LogP contribution in [-0.4, -0.2) is 11.9 Å². The standard InChI is InChI=1S/C14H16ClFN2/c1-14(2,3)12-10(15)8-17-13(18-12)9-6-4-5-7-11(9)16/h4-8,12H,1-3H3,(H,17,18). The summed E-state index contributed by atoms with van der Waals surface area (Å²) in [7, 11) is 0. The molecule has 1 aromatic carbocycles. The van der Waals surface area contributed by atoms with Gasteiger partial charge in [0.25, 0.3) is 0 Å². The zero-order chi connectivity index (χ0) is 13.3. The minimum atomic E-state index is -0.289. The SMILES string of the molecule is CC(C)(C)C1NC(c2ccccc2F)=NC=C1Cl. The predicted molar refractivity (Wildman–Crippen MR) is 73.3 cm³/mol. The van der Waals surface area contributed by atoms with Gasteiger partial charge in [-0.2, -0.15) is 0 Å². The highest BCUT2D eigenvalue weighted by molar-refractivity contribution is 6.30. The second-order valence-electron chi connectivity index (χ2n) is 5.41. The van der Waals surface area contributed by atoms with E-state index >= 15 is 0 Å². The van der Waals surface area contributed by atoms with Crippen molar-refractivity contribution in [3.05, 3.63) is 46.9 Å². The average molecular weight is 267 g/mol. The molecular weight excluding hydrogens is 251 g/mol. The molecule has 0 saturated heterocycles. The first-order chi connectivity index (χ1) is 8.39. The summed E-state index contributed by atoms with van der Waals surface area (Å²) in [5.74, 6) is 0.236. The Hall–Kier alpha value is -1.35. The first-order valence-corrected chi connectivity index (χ1v) is 6.22. The highest BCUT2D eigenvalue weighted by atomic mass is 35.5.